The standard InChI is InChI=1S/C22H24O6/c1-13-7-8-15-16(11-13)22(19(23)24)17(12-21(15)26-9-4-10-27-21)14-5-2-3-6-18(14)28-20(22)25/h2-3,5-6,11,15-17H,4,7-10,12H2,1H3,(H,23,24). The molecular formula is C22H24O6. The van der Waals surface area contributed by atoms with E-state index in [4.69, 9.17) is 14.2 Å². The van der Waals surface area contributed by atoms with Crippen LogP contribution in [0.15, 0.2) is 35.9 Å². The van der Waals surface area contributed by atoms with E-state index in [1.165, 1.54) is 0 Å². The molecule has 4 aliphatic rings. The van der Waals surface area contributed by atoms with E-state index in [1.807, 2.05) is 25.1 Å². The summed E-state index contributed by atoms with van der Waals surface area (Å²) in [5, 5.41) is 10.4. The van der Waals surface area contributed by atoms with Crippen LogP contribution < -0.4 is 4.74 Å². The fourth-order valence-corrected chi connectivity index (χ4v) is 5.82. The molecule has 2 heterocycles. The van der Waals surface area contributed by atoms with Gasteiger partial charge in [-0.25, -0.2) is 0 Å². The van der Waals surface area contributed by atoms with E-state index in [0.29, 0.717) is 25.4 Å². The highest BCUT2D eigenvalue weighted by molar-refractivity contribution is 6.03. The highest BCUT2D eigenvalue weighted by Crippen LogP contribution is 2.64. The van der Waals surface area contributed by atoms with Gasteiger partial charge in [0.2, 0.25) is 0 Å². The minimum absolute atomic E-state index is 0.193. The number of carboxylic acids is 1. The van der Waals surface area contributed by atoms with Gasteiger partial charge in [0.05, 0.1) is 13.2 Å². The molecule has 0 aromatic heterocycles. The smallest absolute Gasteiger partial charge is 0.330 e. The molecule has 148 valence electrons. The Kier molecular flexibility index (Phi) is 3.93. The van der Waals surface area contributed by atoms with Crippen molar-refractivity contribution in [3.63, 3.8) is 0 Å². The highest BCUT2D eigenvalue weighted by atomic mass is 16.7. The normalized spacial score (nSPS) is 35.8. The van der Waals surface area contributed by atoms with E-state index in [0.717, 1.165) is 30.4 Å². The van der Waals surface area contributed by atoms with Crippen molar-refractivity contribution in [2.75, 3.05) is 13.2 Å². The quantitative estimate of drug-likeness (QED) is 0.346. The number of carboxylic acid groups (broad SMARTS) is 1. The van der Waals surface area contributed by atoms with Crippen LogP contribution in [-0.4, -0.2) is 36.0 Å². The van der Waals surface area contributed by atoms with E-state index in [-0.39, 0.29) is 5.92 Å². The van der Waals surface area contributed by atoms with E-state index < -0.39 is 35.0 Å². The largest absolute Gasteiger partial charge is 0.480 e. The van der Waals surface area contributed by atoms with E-state index in [9.17, 15) is 14.7 Å². The zero-order valence-electron chi connectivity index (χ0n) is 15.8. The second kappa shape index (κ2) is 6.16. The van der Waals surface area contributed by atoms with Gasteiger partial charge < -0.3 is 19.3 Å². The van der Waals surface area contributed by atoms with Crippen molar-refractivity contribution in [1.82, 2.24) is 0 Å². The first-order chi connectivity index (χ1) is 13.5. The summed E-state index contributed by atoms with van der Waals surface area (Å²) in [6.45, 7) is 3.17. The molecule has 1 saturated carbocycles. The summed E-state index contributed by atoms with van der Waals surface area (Å²) in [6.07, 6.45) is 4.72. The van der Waals surface area contributed by atoms with Crippen LogP contribution in [0.5, 0.6) is 5.75 Å². The number of para-hydroxylation sites is 1. The van der Waals surface area contributed by atoms with Crippen molar-refractivity contribution < 1.29 is 28.9 Å². The van der Waals surface area contributed by atoms with Gasteiger partial charge in [-0.2, -0.15) is 0 Å². The number of fused-ring (bicyclic) bond motifs is 6. The summed E-state index contributed by atoms with van der Waals surface area (Å²) < 4.78 is 18.1. The third-order valence-electron chi connectivity index (χ3n) is 7.05. The Morgan fingerprint density at radius 2 is 1.96 bits per heavy atom. The lowest BCUT2D eigenvalue weighted by molar-refractivity contribution is -0.326. The van der Waals surface area contributed by atoms with Crippen LogP contribution in [0.2, 0.25) is 0 Å². The molecule has 2 fully saturated rings. The lowest BCUT2D eigenvalue weighted by Gasteiger charge is -2.58. The third-order valence-corrected chi connectivity index (χ3v) is 7.05. The van der Waals surface area contributed by atoms with Crippen LogP contribution in [0.25, 0.3) is 0 Å². The fourth-order valence-electron chi connectivity index (χ4n) is 5.82. The van der Waals surface area contributed by atoms with Crippen molar-refractivity contribution in [2.24, 2.45) is 17.3 Å². The van der Waals surface area contributed by atoms with Crippen molar-refractivity contribution in [1.29, 1.82) is 0 Å². The Morgan fingerprint density at radius 1 is 1.21 bits per heavy atom. The number of rotatable bonds is 1. The summed E-state index contributed by atoms with van der Waals surface area (Å²) in [5.74, 6) is -3.50. The Labute approximate surface area is 163 Å². The highest BCUT2D eigenvalue weighted by Gasteiger charge is 2.71. The minimum Gasteiger partial charge on any atom is -0.480 e. The average molecular weight is 384 g/mol. The maximum absolute atomic E-state index is 13.3. The molecule has 1 aromatic rings. The van der Waals surface area contributed by atoms with Crippen molar-refractivity contribution in [3.05, 3.63) is 41.5 Å². The molecule has 5 rings (SSSR count). The van der Waals surface area contributed by atoms with Crippen LogP contribution in [-0.2, 0) is 19.1 Å². The maximum Gasteiger partial charge on any atom is 0.330 e. The lowest BCUT2D eigenvalue weighted by Crippen LogP contribution is -2.66. The minimum atomic E-state index is -1.66. The Bertz CT molecular complexity index is 868. The Morgan fingerprint density at radius 3 is 2.71 bits per heavy atom. The van der Waals surface area contributed by atoms with Crippen molar-refractivity contribution in [3.8, 4) is 5.75 Å². The summed E-state index contributed by atoms with van der Waals surface area (Å²) in [5.41, 5.74) is 0.188. The molecule has 0 bridgehead atoms. The summed E-state index contributed by atoms with van der Waals surface area (Å²) >= 11 is 0. The van der Waals surface area contributed by atoms with Crippen LogP contribution in [0, 0.1) is 17.3 Å². The molecule has 1 N–H and O–H groups in total. The molecule has 1 aromatic carbocycles. The molecule has 6 heteroatoms. The first kappa shape index (κ1) is 17.9. The molecule has 1 spiro atoms. The number of hydrogen-bond acceptors (Lipinski definition) is 5. The molecule has 28 heavy (non-hydrogen) atoms. The Hall–Kier alpha value is -2.18. The number of allylic oxidation sites excluding steroid dienone is 2. The fraction of sp³-hybridized carbons (Fsp3) is 0.545. The van der Waals surface area contributed by atoms with E-state index >= 15 is 0 Å². The van der Waals surface area contributed by atoms with Crippen molar-refractivity contribution >= 4 is 11.9 Å². The summed E-state index contributed by atoms with van der Waals surface area (Å²) in [7, 11) is 0. The molecule has 4 unspecified atom stereocenters. The number of benzene rings is 1. The SMILES string of the molecule is CC1=CC2C(CC1)C1(CC3c4ccccc4OC(=O)C32C(=O)O)OCCCO1. The first-order valence-corrected chi connectivity index (χ1v) is 9.99. The number of ether oxygens (including phenoxy) is 3. The van der Waals surface area contributed by atoms with Gasteiger partial charge in [-0.1, -0.05) is 29.8 Å². The lowest BCUT2D eigenvalue weighted by atomic mass is 9.50. The second-order valence-electron chi connectivity index (χ2n) is 8.40. The van der Waals surface area contributed by atoms with Gasteiger partial charge in [-0.3, -0.25) is 9.59 Å². The van der Waals surface area contributed by atoms with Gasteiger partial charge in [0.15, 0.2) is 11.2 Å². The molecule has 6 nitrogen and oxygen atoms in total. The number of carbonyl (C=O) groups is 2. The predicted molar refractivity (Wildman–Crippen MR) is 98.7 cm³/mol. The van der Waals surface area contributed by atoms with Crippen LogP contribution in [0.3, 0.4) is 0 Å². The van der Waals surface area contributed by atoms with Gasteiger partial charge in [-0.05, 0) is 37.8 Å². The monoisotopic (exact) mass is 384 g/mol. The Balaban J connectivity index is 1.76. The molecule has 0 radical (unpaired) electrons. The van der Waals surface area contributed by atoms with Crippen LogP contribution in [0.4, 0.5) is 0 Å². The van der Waals surface area contributed by atoms with Gasteiger partial charge >= 0.3 is 11.9 Å². The number of carbonyl (C=O) groups excluding carboxylic acids is 1. The number of aliphatic carboxylic acids is 1. The van der Waals surface area contributed by atoms with Gasteiger partial charge in [0.1, 0.15) is 5.75 Å². The third kappa shape index (κ3) is 2.22. The van der Waals surface area contributed by atoms with Crippen molar-refractivity contribution in [2.45, 2.75) is 44.3 Å². The molecule has 4 atom stereocenters. The second-order valence-corrected chi connectivity index (χ2v) is 8.40. The average Bonchev–Trinajstić information content (AvgIpc) is 2.68. The van der Waals surface area contributed by atoms with Crippen LogP contribution in [0.1, 0.15) is 44.1 Å². The molecule has 2 aliphatic heterocycles. The number of esters is 1. The van der Waals surface area contributed by atoms with Crippen LogP contribution >= 0.6 is 0 Å². The number of hydrogen-bond donors (Lipinski definition) is 1. The molecule has 0 amide bonds. The maximum atomic E-state index is 13.3. The topological polar surface area (TPSA) is 82.1 Å². The van der Waals surface area contributed by atoms with E-state index in [2.05, 4.69) is 0 Å². The van der Waals surface area contributed by atoms with Gasteiger partial charge in [0.25, 0.3) is 0 Å². The molecular weight excluding hydrogens is 360 g/mol. The predicted octanol–water partition coefficient (Wildman–Crippen LogP) is 3.27. The first-order valence-electron chi connectivity index (χ1n) is 9.99. The zero-order valence-corrected chi connectivity index (χ0v) is 15.8. The summed E-state index contributed by atoms with van der Waals surface area (Å²) in [4.78, 5) is 26.0. The zero-order chi connectivity index (χ0) is 19.5. The molecule has 1 saturated heterocycles. The van der Waals surface area contributed by atoms with E-state index in [1.54, 1.807) is 12.1 Å². The van der Waals surface area contributed by atoms with Gasteiger partial charge in [0, 0.05) is 24.2 Å². The summed E-state index contributed by atoms with van der Waals surface area (Å²) in [6, 6.07) is 7.23. The van der Waals surface area contributed by atoms with Gasteiger partial charge in [-0.15, -0.1) is 0 Å². The molecule has 2 aliphatic carbocycles.